The summed E-state index contributed by atoms with van der Waals surface area (Å²) in [4.78, 5) is 23.2. The molecule has 20 heavy (non-hydrogen) atoms. The molecule has 0 atom stereocenters. The van der Waals surface area contributed by atoms with E-state index in [1.807, 2.05) is 0 Å². The molecular formula is C15H23BiO4. The number of carbonyl (C=O) groups is 2. The number of carbonyl (C=O) groups excluding carboxylic acids is 2. The zero-order valence-corrected chi connectivity index (χ0v) is 15.8. The average molecular weight is 476 g/mol. The molecule has 0 radical (unpaired) electrons. The summed E-state index contributed by atoms with van der Waals surface area (Å²) in [5.41, 5.74) is 1.02. The van der Waals surface area contributed by atoms with Crippen molar-refractivity contribution in [2.24, 2.45) is 0 Å². The van der Waals surface area contributed by atoms with Crippen molar-refractivity contribution in [1.29, 1.82) is 0 Å². The Hall–Kier alpha value is -0.567. The van der Waals surface area contributed by atoms with Gasteiger partial charge in [0.05, 0.1) is 0 Å². The Morgan fingerprint density at radius 3 is 2.00 bits per heavy atom. The van der Waals surface area contributed by atoms with Gasteiger partial charge in [-0.3, -0.25) is 0 Å². The van der Waals surface area contributed by atoms with E-state index >= 15 is 0 Å². The quantitative estimate of drug-likeness (QED) is 0.276. The van der Waals surface area contributed by atoms with E-state index in [1.165, 1.54) is 3.21 Å². The van der Waals surface area contributed by atoms with Crippen LogP contribution in [0.25, 0.3) is 0 Å². The van der Waals surface area contributed by atoms with Gasteiger partial charge in [0.25, 0.3) is 0 Å². The predicted molar refractivity (Wildman–Crippen MR) is 79.8 cm³/mol. The van der Waals surface area contributed by atoms with E-state index in [-0.39, 0.29) is 11.9 Å². The van der Waals surface area contributed by atoms with Crippen LogP contribution in [0.15, 0.2) is 9.36 Å². The summed E-state index contributed by atoms with van der Waals surface area (Å²) in [6.07, 6.45) is 4.57. The molecule has 0 bridgehead atoms. The summed E-state index contributed by atoms with van der Waals surface area (Å²) < 4.78 is 13.6. The van der Waals surface area contributed by atoms with Crippen LogP contribution in [-0.4, -0.2) is 51.1 Å². The molecule has 0 aromatic carbocycles. The van der Waals surface area contributed by atoms with Crippen molar-refractivity contribution in [3.05, 3.63) is 9.36 Å². The Morgan fingerprint density at radius 1 is 1.00 bits per heavy atom. The van der Waals surface area contributed by atoms with Gasteiger partial charge in [-0.15, -0.1) is 0 Å². The molecule has 0 saturated carbocycles. The monoisotopic (exact) mass is 476 g/mol. The number of unbranched alkanes of at least 4 members (excludes halogenated alkanes) is 2. The summed E-state index contributed by atoms with van der Waals surface area (Å²) in [6, 6.07) is 0. The molecule has 0 fully saturated rings. The van der Waals surface area contributed by atoms with Gasteiger partial charge in [0, 0.05) is 0 Å². The zero-order chi connectivity index (χ0) is 14.8. The first kappa shape index (κ1) is 17.5. The van der Waals surface area contributed by atoms with Gasteiger partial charge in [-0.2, -0.15) is 0 Å². The number of rotatable bonds is 10. The van der Waals surface area contributed by atoms with Crippen molar-refractivity contribution in [3.8, 4) is 0 Å². The van der Waals surface area contributed by atoms with Crippen molar-refractivity contribution in [3.63, 3.8) is 0 Å². The molecule has 5 heteroatoms. The minimum absolute atomic E-state index is 0.151. The second kappa shape index (κ2) is 10.2. The summed E-state index contributed by atoms with van der Waals surface area (Å²) in [6.45, 7) is 5.13. The van der Waals surface area contributed by atoms with Gasteiger partial charge in [-0.05, 0) is 0 Å². The van der Waals surface area contributed by atoms with E-state index in [0.29, 0.717) is 26.1 Å². The van der Waals surface area contributed by atoms with Crippen LogP contribution in [0.4, 0.5) is 0 Å². The third kappa shape index (κ3) is 6.74. The molecule has 0 aromatic rings. The van der Waals surface area contributed by atoms with Crippen molar-refractivity contribution in [2.45, 2.75) is 52.4 Å². The van der Waals surface area contributed by atoms with Crippen LogP contribution in [0.1, 0.15) is 52.4 Å². The maximum atomic E-state index is 11.6. The van der Waals surface area contributed by atoms with Crippen molar-refractivity contribution < 1.29 is 19.1 Å². The molecular weight excluding hydrogens is 453 g/mol. The van der Waals surface area contributed by atoms with Crippen molar-refractivity contribution in [1.82, 2.24) is 0 Å². The van der Waals surface area contributed by atoms with Crippen LogP contribution in [-0.2, 0) is 19.1 Å². The fraction of sp³-hybridized carbons (Fsp3) is 0.667. The van der Waals surface area contributed by atoms with Crippen LogP contribution in [0.3, 0.4) is 0 Å². The van der Waals surface area contributed by atoms with Crippen molar-refractivity contribution >= 4 is 37.9 Å². The molecule has 0 spiro atoms. The standard InChI is InChI=1S/C15H23O4.Bi/c1-4-6-10-18-14(16)9-8-13(3)12-15(17)19-11-7-5-2;/h3H,4-7,9-12H2,1-2H3;. The topological polar surface area (TPSA) is 52.6 Å². The van der Waals surface area contributed by atoms with E-state index in [9.17, 15) is 9.59 Å². The third-order valence-corrected chi connectivity index (χ3v) is 7.57. The van der Waals surface area contributed by atoms with Gasteiger partial charge in [0.15, 0.2) is 0 Å². The van der Waals surface area contributed by atoms with Crippen LogP contribution < -0.4 is 0 Å². The van der Waals surface area contributed by atoms with Crippen LogP contribution in [0.2, 0.25) is 0 Å². The number of ether oxygens (including phenoxy) is 2. The first-order valence-corrected chi connectivity index (χ1v) is 11.0. The summed E-state index contributed by atoms with van der Waals surface area (Å²) >= 11 is -0.780. The van der Waals surface area contributed by atoms with Gasteiger partial charge in [0.1, 0.15) is 0 Å². The van der Waals surface area contributed by atoms with Gasteiger partial charge in [0.2, 0.25) is 0 Å². The normalized spacial score (nSPS) is 13.1. The Morgan fingerprint density at radius 2 is 1.55 bits per heavy atom. The molecule has 0 N–H and O–H groups in total. The Balaban J connectivity index is 2.20. The number of hydrogen-bond donors (Lipinski definition) is 0. The van der Waals surface area contributed by atoms with Gasteiger partial charge < -0.3 is 0 Å². The first-order chi connectivity index (χ1) is 9.67. The molecule has 112 valence electrons. The maximum absolute atomic E-state index is 11.6. The molecule has 1 aliphatic heterocycles. The minimum atomic E-state index is -0.780. The Bertz CT molecular complexity index is 361. The average Bonchev–Trinajstić information content (AvgIpc) is 2.42. The van der Waals surface area contributed by atoms with E-state index in [0.717, 1.165) is 31.3 Å². The van der Waals surface area contributed by atoms with E-state index in [1.54, 1.807) is 0 Å². The van der Waals surface area contributed by atoms with E-state index in [2.05, 4.69) is 17.6 Å². The van der Waals surface area contributed by atoms with Crippen LogP contribution >= 0.6 is 0 Å². The molecule has 0 aliphatic carbocycles. The molecule has 1 rings (SSSR count). The summed E-state index contributed by atoms with van der Waals surface area (Å²) in [5, 5.41) is 0. The van der Waals surface area contributed by atoms with Gasteiger partial charge in [-0.1, -0.05) is 0 Å². The summed E-state index contributed by atoms with van der Waals surface area (Å²) in [5.74, 6) is -0.329. The fourth-order valence-corrected chi connectivity index (χ4v) is 5.05. The van der Waals surface area contributed by atoms with E-state index in [4.69, 9.17) is 9.47 Å². The fourth-order valence-electron chi connectivity index (χ4n) is 1.61. The first-order valence-electron chi connectivity index (χ1n) is 7.24. The molecule has 0 aromatic heterocycles. The van der Waals surface area contributed by atoms with Crippen LogP contribution in [0, 0.1) is 0 Å². The second-order valence-corrected chi connectivity index (χ2v) is 8.84. The predicted octanol–water partition coefficient (Wildman–Crippen LogP) is 2.23. The van der Waals surface area contributed by atoms with Crippen LogP contribution in [0.5, 0.6) is 0 Å². The van der Waals surface area contributed by atoms with Gasteiger partial charge in [-0.25, -0.2) is 0 Å². The number of esters is 2. The molecule has 0 amide bonds. The van der Waals surface area contributed by atoms with Gasteiger partial charge >= 0.3 is 132 Å². The molecule has 0 unspecified atom stereocenters. The molecule has 1 heterocycles. The van der Waals surface area contributed by atoms with Crippen molar-refractivity contribution in [2.75, 3.05) is 13.2 Å². The third-order valence-electron chi connectivity index (χ3n) is 2.92. The molecule has 1 aliphatic rings. The van der Waals surface area contributed by atoms with E-state index < -0.39 is 22.8 Å². The summed E-state index contributed by atoms with van der Waals surface area (Å²) in [7, 11) is 0. The Kier molecular flexibility index (Phi) is 8.92. The number of hydrogen-bond acceptors (Lipinski definition) is 4. The SMILES string of the molecule is CCCCOC(=O)CC1=[CH][Bi]=[C]1CC(=O)OCCCC. The zero-order valence-electron chi connectivity index (χ0n) is 12.3. The second-order valence-electron chi connectivity index (χ2n) is 4.73. The Labute approximate surface area is 131 Å². The molecule has 4 nitrogen and oxygen atoms in total. The molecule has 0 saturated heterocycles.